The average molecular weight is 283 g/mol. The predicted molar refractivity (Wildman–Crippen MR) is 71.2 cm³/mol. The van der Waals surface area contributed by atoms with Crippen LogP contribution in [0.15, 0.2) is 28.7 Å². The maximum absolute atomic E-state index is 6.12. The molecule has 1 heterocycles. The van der Waals surface area contributed by atoms with Gasteiger partial charge in [0.1, 0.15) is 0 Å². The van der Waals surface area contributed by atoms with Crippen molar-refractivity contribution in [2.45, 2.75) is 31.8 Å². The molecule has 0 spiro atoms. The fourth-order valence-corrected chi connectivity index (χ4v) is 2.56. The smallest absolute Gasteiger partial charge is 0.0234 e. The first kappa shape index (κ1) is 12.1. The van der Waals surface area contributed by atoms with Gasteiger partial charge < -0.3 is 5.73 Å². The lowest BCUT2D eigenvalue weighted by molar-refractivity contribution is 0.165. The summed E-state index contributed by atoms with van der Waals surface area (Å²) in [6, 6.07) is 8.53. The van der Waals surface area contributed by atoms with Crippen LogP contribution in [-0.2, 0) is 6.54 Å². The van der Waals surface area contributed by atoms with Crippen LogP contribution in [0.1, 0.15) is 25.3 Å². The molecule has 2 rings (SSSR count). The number of piperidine rings is 1. The SMILES string of the molecule is CC1(N)CCN(Cc2cccc(Br)c2)CC1. The number of nitrogens with zero attached hydrogens (tertiary/aromatic N) is 1. The van der Waals surface area contributed by atoms with Crippen LogP contribution in [0.25, 0.3) is 0 Å². The van der Waals surface area contributed by atoms with Crippen LogP contribution in [0.3, 0.4) is 0 Å². The molecule has 88 valence electrons. The van der Waals surface area contributed by atoms with Gasteiger partial charge in [-0.2, -0.15) is 0 Å². The quantitative estimate of drug-likeness (QED) is 0.904. The summed E-state index contributed by atoms with van der Waals surface area (Å²) in [5.74, 6) is 0. The summed E-state index contributed by atoms with van der Waals surface area (Å²) in [5.41, 5.74) is 7.54. The van der Waals surface area contributed by atoms with Crippen LogP contribution in [-0.4, -0.2) is 23.5 Å². The standard InChI is InChI=1S/C13H19BrN2/c1-13(15)5-7-16(8-6-13)10-11-3-2-4-12(14)9-11/h2-4,9H,5-8,10,15H2,1H3. The first-order valence-electron chi connectivity index (χ1n) is 5.81. The van der Waals surface area contributed by atoms with Crippen molar-refractivity contribution in [3.63, 3.8) is 0 Å². The van der Waals surface area contributed by atoms with E-state index in [4.69, 9.17) is 5.73 Å². The van der Waals surface area contributed by atoms with Gasteiger partial charge in [0.15, 0.2) is 0 Å². The highest BCUT2D eigenvalue weighted by Gasteiger charge is 2.25. The fraction of sp³-hybridized carbons (Fsp3) is 0.538. The van der Waals surface area contributed by atoms with E-state index in [1.165, 1.54) is 5.56 Å². The third-order valence-electron chi connectivity index (χ3n) is 3.29. The van der Waals surface area contributed by atoms with E-state index in [1.807, 2.05) is 0 Å². The first-order valence-corrected chi connectivity index (χ1v) is 6.60. The molecule has 0 unspecified atom stereocenters. The van der Waals surface area contributed by atoms with E-state index >= 15 is 0 Å². The highest BCUT2D eigenvalue weighted by molar-refractivity contribution is 9.10. The molecule has 1 aliphatic rings. The van der Waals surface area contributed by atoms with Crippen LogP contribution in [0.5, 0.6) is 0 Å². The van der Waals surface area contributed by atoms with Gasteiger partial charge in [-0.1, -0.05) is 28.1 Å². The third-order valence-corrected chi connectivity index (χ3v) is 3.79. The normalized spacial score (nSPS) is 20.9. The van der Waals surface area contributed by atoms with Crippen molar-refractivity contribution < 1.29 is 0 Å². The van der Waals surface area contributed by atoms with Gasteiger partial charge in [-0.25, -0.2) is 0 Å². The zero-order chi connectivity index (χ0) is 11.6. The number of benzene rings is 1. The summed E-state index contributed by atoms with van der Waals surface area (Å²) < 4.78 is 1.16. The monoisotopic (exact) mass is 282 g/mol. The van der Waals surface area contributed by atoms with Gasteiger partial charge in [-0.3, -0.25) is 4.90 Å². The Morgan fingerprint density at radius 3 is 2.69 bits per heavy atom. The Kier molecular flexibility index (Phi) is 3.67. The summed E-state index contributed by atoms with van der Waals surface area (Å²) in [5, 5.41) is 0. The maximum Gasteiger partial charge on any atom is 0.0234 e. The average Bonchev–Trinajstić information content (AvgIpc) is 2.21. The molecule has 0 amide bonds. The lowest BCUT2D eigenvalue weighted by Crippen LogP contribution is -2.47. The summed E-state index contributed by atoms with van der Waals surface area (Å²) >= 11 is 3.51. The van der Waals surface area contributed by atoms with Gasteiger partial charge >= 0.3 is 0 Å². The second-order valence-corrected chi connectivity index (χ2v) is 5.98. The van der Waals surface area contributed by atoms with Crippen molar-refractivity contribution in [3.8, 4) is 0 Å². The molecular weight excluding hydrogens is 264 g/mol. The summed E-state index contributed by atoms with van der Waals surface area (Å²) in [6.45, 7) is 5.41. The zero-order valence-electron chi connectivity index (χ0n) is 9.75. The van der Waals surface area contributed by atoms with Gasteiger partial charge in [-0.05, 0) is 37.5 Å². The van der Waals surface area contributed by atoms with E-state index in [9.17, 15) is 0 Å². The van der Waals surface area contributed by atoms with Gasteiger partial charge in [0.25, 0.3) is 0 Å². The number of likely N-dealkylation sites (tertiary alicyclic amines) is 1. The molecule has 1 aromatic carbocycles. The molecule has 16 heavy (non-hydrogen) atoms. The van der Waals surface area contributed by atoms with Crippen molar-refractivity contribution in [1.82, 2.24) is 4.90 Å². The molecular formula is C13H19BrN2. The van der Waals surface area contributed by atoms with Crippen LogP contribution >= 0.6 is 15.9 Å². The number of nitrogens with two attached hydrogens (primary N) is 1. The summed E-state index contributed by atoms with van der Waals surface area (Å²) in [6.07, 6.45) is 2.20. The molecule has 0 radical (unpaired) electrons. The molecule has 0 atom stereocenters. The van der Waals surface area contributed by atoms with E-state index in [0.717, 1.165) is 36.9 Å². The Morgan fingerprint density at radius 1 is 1.38 bits per heavy atom. The van der Waals surface area contributed by atoms with Crippen molar-refractivity contribution in [2.24, 2.45) is 5.73 Å². The maximum atomic E-state index is 6.12. The minimum Gasteiger partial charge on any atom is -0.325 e. The molecule has 0 aromatic heterocycles. The van der Waals surface area contributed by atoms with E-state index in [1.54, 1.807) is 0 Å². The lowest BCUT2D eigenvalue weighted by atomic mass is 9.91. The molecule has 3 heteroatoms. The van der Waals surface area contributed by atoms with Crippen molar-refractivity contribution in [2.75, 3.05) is 13.1 Å². The summed E-state index contributed by atoms with van der Waals surface area (Å²) in [4.78, 5) is 2.48. The van der Waals surface area contributed by atoms with Crippen LogP contribution < -0.4 is 5.73 Å². The van der Waals surface area contributed by atoms with Gasteiger partial charge in [0, 0.05) is 29.6 Å². The van der Waals surface area contributed by atoms with Crippen molar-refractivity contribution in [1.29, 1.82) is 0 Å². The minimum atomic E-state index is 0.0494. The van der Waals surface area contributed by atoms with E-state index in [0.29, 0.717) is 0 Å². The number of rotatable bonds is 2. The van der Waals surface area contributed by atoms with Gasteiger partial charge in [0.2, 0.25) is 0 Å². The molecule has 1 aliphatic heterocycles. The Labute approximate surface area is 106 Å². The third kappa shape index (κ3) is 3.30. The lowest BCUT2D eigenvalue weighted by Gasteiger charge is -2.36. The molecule has 0 saturated carbocycles. The van der Waals surface area contributed by atoms with Crippen molar-refractivity contribution in [3.05, 3.63) is 34.3 Å². The van der Waals surface area contributed by atoms with Crippen LogP contribution in [0.4, 0.5) is 0 Å². The van der Waals surface area contributed by atoms with Gasteiger partial charge in [-0.15, -0.1) is 0 Å². The fourth-order valence-electron chi connectivity index (χ4n) is 2.12. The van der Waals surface area contributed by atoms with E-state index in [-0.39, 0.29) is 5.54 Å². The Bertz CT molecular complexity index is 353. The second-order valence-electron chi connectivity index (χ2n) is 5.06. The topological polar surface area (TPSA) is 29.3 Å². The summed E-state index contributed by atoms with van der Waals surface area (Å²) in [7, 11) is 0. The molecule has 1 aromatic rings. The molecule has 2 N–H and O–H groups in total. The Morgan fingerprint density at radius 2 is 2.06 bits per heavy atom. The second kappa shape index (κ2) is 4.86. The van der Waals surface area contributed by atoms with E-state index in [2.05, 4.69) is 52.0 Å². The predicted octanol–water partition coefficient (Wildman–Crippen LogP) is 2.76. The Balaban J connectivity index is 1.92. The molecule has 1 saturated heterocycles. The molecule has 0 bridgehead atoms. The minimum absolute atomic E-state index is 0.0494. The van der Waals surface area contributed by atoms with Crippen molar-refractivity contribution >= 4 is 15.9 Å². The number of hydrogen-bond acceptors (Lipinski definition) is 2. The highest BCUT2D eigenvalue weighted by atomic mass is 79.9. The van der Waals surface area contributed by atoms with Gasteiger partial charge in [0.05, 0.1) is 0 Å². The highest BCUT2D eigenvalue weighted by Crippen LogP contribution is 2.21. The number of halogens is 1. The molecule has 0 aliphatic carbocycles. The largest absolute Gasteiger partial charge is 0.325 e. The zero-order valence-corrected chi connectivity index (χ0v) is 11.3. The Hall–Kier alpha value is -0.380. The number of hydrogen-bond donors (Lipinski definition) is 1. The molecule has 2 nitrogen and oxygen atoms in total. The van der Waals surface area contributed by atoms with E-state index < -0.39 is 0 Å². The van der Waals surface area contributed by atoms with Crippen LogP contribution in [0.2, 0.25) is 0 Å². The van der Waals surface area contributed by atoms with Crippen LogP contribution in [0, 0.1) is 0 Å². The molecule has 1 fully saturated rings. The first-order chi connectivity index (χ1) is 7.55.